The van der Waals surface area contributed by atoms with Crippen LogP contribution in [-0.2, 0) is 0 Å². The first-order valence-electron chi connectivity index (χ1n) is 7.59. The molecule has 0 aromatic carbocycles. The number of unbranched alkanes of at least 4 members (excludes halogenated alkanes) is 1. The number of nitrogens with zero attached hydrogens (tertiary/aromatic N) is 2. The third-order valence-electron chi connectivity index (χ3n) is 4.17. The molecule has 0 atom stereocenters. The second-order valence-electron chi connectivity index (χ2n) is 5.58. The summed E-state index contributed by atoms with van der Waals surface area (Å²) in [4.78, 5) is 0. The Morgan fingerprint density at radius 1 is 1.16 bits per heavy atom. The van der Waals surface area contributed by atoms with Gasteiger partial charge >= 0.3 is 0 Å². The van der Waals surface area contributed by atoms with Gasteiger partial charge in [-0.1, -0.05) is 32.1 Å². The Kier molecular flexibility index (Phi) is 5.39. The molecule has 0 radical (unpaired) electrons. The second kappa shape index (κ2) is 7.28. The van der Waals surface area contributed by atoms with Gasteiger partial charge in [0.15, 0.2) is 0 Å². The van der Waals surface area contributed by atoms with E-state index in [2.05, 4.69) is 35.0 Å². The highest BCUT2D eigenvalue weighted by molar-refractivity contribution is 5.26. The first-order valence-corrected chi connectivity index (χ1v) is 7.59. The molecule has 1 fully saturated rings. The Morgan fingerprint density at radius 2 is 1.95 bits per heavy atom. The van der Waals surface area contributed by atoms with Crippen LogP contribution in [0.4, 0.5) is 0 Å². The van der Waals surface area contributed by atoms with Gasteiger partial charge in [0.2, 0.25) is 0 Å². The van der Waals surface area contributed by atoms with E-state index in [1.54, 1.807) is 0 Å². The van der Waals surface area contributed by atoms with Gasteiger partial charge in [-0.25, -0.2) is 0 Å². The molecule has 2 rings (SSSR count). The second-order valence-corrected chi connectivity index (χ2v) is 5.58. The minimum Gasteiger partial charge on any atom is -0.154 e. The van der Waals surface area contributed by atoms with Crippen molar-refractivity contribution in [3.63, 3.8) is 0 Å². The third-order valence-corrected chi connectivity index (χ3v) is 4.17. The van der Waals surface area contributed by atoms with Crippen LogP contribution in [0.25, 0.3) is 0 Å². The number of hydrogen-bond donors (Lipinski definition) is 0. The maximum atomic E-state index is 4.36. The Bertz CT molecular complexity index is 431. The van der Waals surface area contributed by atoms with Crippen molar-refractivity contribution in [1.82, 2.24) is 10.2 Å². The van der Waals surface area contributed by atoms with Gasteiger partial charge in [-0.05, 0) is 56.6 Å². The molecular weight excluding hydrogens is 232 g/mol. The lowest BCUT2D eigenvalue weighted by molar-refractivity contribution is 0.301. The van der Waals surface area contributed by atoms with E-state index in [4.69, 9.17) is 0 Å². The van der Waals surface area contributed by atoms with Crippen LogP contribution in [0.1, 0.15) is 76.1 Å². The summed E-state index contributed by atoms with van der Waals surface area (Å²) in [6, 6.07) is 4.12. The van der Waals surface area contributed by atoms with Crippen molar-refractivity contribution >= 4 is 0 Å². The fourth-order valence-electron chi connectivity index (χ4n) is 2.99. The van der Waals surface area contributed by atoms with E-state index in [1.165, 1.54) is 44.9 Å². The quantitative estimate of drug-likeness (QED) is 0.750. The fourth-order valence-corrected chi connectivity index (χ4v) is 2.99. The number of aromatic nitrogens is 2. The molecule has 0 bridgehead atoms. The minimum absolute atomic E-state index is 0.619. The van der Waals surface area contributed by atoms with Crippen LogP contribution >= 0.6 is 0 Å². The first-order chi connectivity index (χ1) is 9.33. The molecule has 1 aromatic heterocycles. The average molecular weight is 256 g/mol. The van der Waals surface area contributed by atoms with Gasteiger partial charge < -0.3 is 0 Å². The van der Waals surface area contributed by atoms with E-state index in [0.717, 1.165) is 17.3 Å². The highest BCUT2D eigenvalue weighted by atomic mass is 15.1. The number of rotatable bonds is 4. The molecule has 1 heterocycles. The summed E-state index contributed by atoms with van der Waals surface area (Å²) in [5, 5.41) is 8.54. The zero-order chi connectivity index (χ0) is 13.5. The van der Waals surface area contributed by atoms with Crippen molar-refractivity contribution in [3.8, 4) is 11.8 Å². The molecule has 2 nitrogen and oxygen atoms in total. The molecule has 2 heteroatoms. The summed E-state index contributed by atoms with van der Waals surface area (Å²) in [5.41, 5.74) is 1.94. The maximum Gasteiger partial charge on any atom is 0.135 e. The summed E-state index contributed by atoms with van der Waals surface area (Å²) >= 11 is 0. The molecule has 0 N–H and O–H groups in total. The van der Waals surface area contributed by atoms with Gasteiger partial charge in [0.05, 0.1) is 5.69 Å². The standard InChI is InChI=1S/C17H24N2/c1-3-5-7-14-8-10-15(11-9-14)17-13-12-16(6-4-2)18-19-17/h12-15H,3,5,7-11H2,1-2H3/t14-,15-. The predicted octanol–water partition coefficient (Wildman–Crippen LogP) is 4.31. The first kappa shape index (κ1) is 14.1. The highest BCUT2D eigenvalue weighted by Crippen LogP contribution is 2.36. The molecule has 0 amide bonds. The van der Waals surface area contributed by atoms with E-state index >= 15 is 0 Å². The summed E-state index contributed by atoms with van der Waals surface area (Å²) in [6.45, 7) is 4.11. The predicted molar refractivity (Wildman–Crippen MR) is 78.8 cm³/mol. The molecular formula is C17H24N2. The van der Waals surface area contributed by atoms with Crippen LogP contribution in [0.5, 0.6) is 0 Å². The van der Waals surface area contributed by atoms with Crippen LogP contribution in [-0.4, -0.2) is 10.2 Å². The van der Waals surface area contributed by atoms with E-state index in [0.29, 0.717) is 5.92 Å². The molecule has 0 saturated heterocycles. The molecule has 0 spiro atoms. The Labute approximate surface area is 117 Å². The van der Waals surface area contributed by atoms with Crippen LogP contribution in [0.15, 0.2) is 12.1 Å². The van der Waals surface area contributed by atoms with E-state index < -0.39 is 0 Å². The van der Waals surface area contributed by atoms with Crippen LogP contribution in [0.3, 0.4) is 0 Å². The largest absolute Gasteiger partial charge is 0.154 e. The van der Waals surface area contributed by atoms with Gasteiger partial charge in [-0.2, -0.15) is 5.10 Å². The molecule has 1 saturated carbocycles. The molecule has 0 unspecified atom stereocenters. The topological polar surface area (TPSA) is 25.8 Å². The molecule has 0 aliphatic heterocycles. The van der Waals surface area contributed by atoms with Gasteiger partial charge in [0.25, 0.3) is 0 Å². The molecule has 19 heavy (non-hydrogen) atoms. The van der Waals surface area contributed by atoms with Gasteiger partial charge in [0, 0.05) is 5.92 Å². The van der Waals surface area contributed by atoms with Crippen molar-refractivity contribution in [3.05, 3.63) is 23.5 Å². The van der Waals surface area contributed by atoms with Crippen molar-refractivity contribution in [1.29, 1.82) is 0 Å². The zero-order valence-electron chi connectivity index (χ0n) is 12.2. The summed E-state index contributed by atoms with van der Waals surface area (Å²) in [6.07, 6.45) is 9.42. The molecule has 102 valence electrons. The van der Waals surface area contributed by atoms with Crippen LogP contribution < -0.4 is 0 Å². The normalized spacial score (nSPS) is 22.6. The minimum atomic E-state index is 0.619. The monoisotopic (exact) mass is 256 g/mol. The van der Waals surface area contributed by atoms with E-state index in [-0.39, 0.29) is 0 Å². The Balaban J connectivity index is 1.88. The molecule has 1 aliphatic rings. The smallest absolute Gasteiger partial charge is 0.135 e. The summed E-state index contributed by atoms with van der Waals surface area (Å²) < 4.78 is 0. The summed E-state index contributed by atoms with van der Waals surface area (Å²) in [5.74, 6) is 7.37. The molecule has 1 aromatic rings. The number of hydrogen-bond acceptors (Lipinski definition) is 2. The lowest BCUT2D eigenvalue weighted by Gasteiger charge is -2.27. The van der Waals surface area contributed by atoms with E-state index in [9.17, 15) is 0 Å². The Hall–Kier alpha value is -1.36. The van der Waals surface area contributed by atoms with E-state index in [1.807, 2.05) is 13.0 Å². The van der Waals surface area contributed by atoms with Crippen molar-refractivity contribution in [2.75, 3.05) is 0 Å². The lowest BCUT2D eigenvalue weighted by Crippen LogP contribution is -2.14. The van der Waals surface area contributed by atoms with Gasteiger partial charge in [-0.3, -0.25) is 0 Å². The van der Waals surface area contributed by atoms with Crippen molar-refractivity contribution in [2.45, 2.75) is 64.7 Å². The zero-order valence-corrected chi connectivity index (χ0v) is 12.2. The maximum absolute atomic E-state index is 4.36. The molecule has 1 aliphatic carbocycles. The van der Waals surface area contributed by atoms with Crippen molar-refractivity contribution < 1.29 is 0 Å². The third kappa shape index (κ3) is 4.06. The van der Waals surface area contributed by atoms with Crippen LogP contribution in [0, 0.1) is 17.8 Å². The SMILES string of the molecule is CC#Cc1ccc([C@H]2CC[C@H](CCCC)CC2)nn1. The van der Waals surface area contributed by atoms with Gasteiger partial charge in [0.1, 0.15) is 5.69 Å². The highest BCUT2D eigenvalue weighted by Gasteiger charge is 2.22. The van der Waals surface area contributed by atoms with Crippen molar-refractivity contribution in [2.24, 2.45) is 5.92 Å². The van der Waals surface area contributed by atoms with Gasteiger partial charge in [-0.15, -0.1) is 5.10 Å². The average Bonchev–Trinajstić information content (AvgIpc) is 2.47. The fraction of sp³-hybridized carbons (Fsp3) is 0.647. The summed E-state index contributed by atoms with van der Waals surface area (Å²) in [7, 11) is 0. The van der Waals surface area contributed by atoms with Crippen LogP contribution in [0.2, 0.25) is 0 Å². The lowest BCUT2D eigenvalue weighted by atomic mass is 9.78. The Morgan fingerprint density at radius 3 is 2.53 bits per heavy atom.